The second kappa shape index (κ2) is 5.96. The molecule has 0 spiro atoms. The van der Waals surface area contributed by atoms with E-state index in [9.17, 15) is 10.2 Å². The summed E-state index contributed by atoms with van der Waals surface area (Å²) < 4.78 is 10.9. The van der Waals surface area contributed by atoms with Gasteiger partial charge in [0.2, 0.25) is 0 Å². The molecule has 1 fully saturated rings. The number of aliphatic hydroxyl groups is 2. The van der Waals surface area contributed by atoms with Gasteiger partial charge in [0.25, 0.3) is 0 Å². The Morgan fingerprint density at radius 1 is 1.53 bits per heavy atom. The summed E-state index contributed by atoms with van der Waals surface area (Å²) in [4.78, 5) is 0. The summed E-state index contributed by atoms with van der Waals surface area (Å²) in [6.45, 7) is 7.45. The first-order valence-corrected chi connectivity index (χ1v) is 6.18. The van der Waals surface area contributed by atoms with Crippen LogP contribution in [0.2, 0.25) is 0 Å². The first-order valence-electron chi connectivity index (χ1n) is 6.18. The zero-order chi connectivity index (χ0) is 13.1. The van der Waals surface area contributed by atoms with E-state index in [-0.39, 0.29) is 12.2 Å². The van der Waals surface area contributed by atoms with Crippen molar-refractivity contribution in [2.75, 3.05) is 7.11 Å². The molecule has 1 saturated heterocycles. The van der Waals surface area contributed by atoms with Crippen LogP contribution < -0.4 is 0 Å². The molecule has 0 aliphatic carbocycles. The minimum atomic E-state index is -0.621. The molecule has 4 nitrogen and oxygen atoms in total. The van der Waals surface area contributed by atoms with E-state index in [0.717, 1.165) is 6.42 Å². The molecule has 0 radical (unpaired) electrons. The third-order valence-corrected chi connectivity index (χ3v) is 3.47. The van der Waals surface area contributed by atoms with Gasteiger partial charge in [-0.3, -0.25) is 0 Å². The molecule has 0 aromatic rings. The topological polar surface area (TPSA) is 62.2 Å². The zero-order valence-corrected chi connectivity index (χ0v) is 10.9. The molecule has 1 heterocycles. The maximum atomic E-state index is 9.96. The molecule has 0 saturated carbocycles. The lowest BCUT2D eigenvalue weighted by atomic mass is 9.92. The van der Waals surface area contributed by atoms with Crippen molar-refractivity contribution in [1.29, 1.82) is 0 Å². The Labute approximate surface area is 103 Å². The number of ether oxygens (including phenoxy) is 2. The van der Waals surface area contributed by atoms with Gasteiger partial charge in [-0.15, -0.1) is 6.58 Å². The van der Waals surface area contributed by atoms with Crippen LogP contribution in [0.15, 0.2) is 12.7 Å². The maximum Gasteiger partial charge on any atom is 0.121 e. The lowest BCUT2D eigenvalue weighted by Crippen LogP contribution is -2.39. The molecule has 2 N–H and O–H groups in total. The van der Waals surface area contributed by atoms with Gasteiger partial charge in [0.1, 0.15) is 17.8 Å². The highest BCUT2D eigenvalue weighted by molar-refractivity contribution is 5.10. The highest BCUT2D eigenvalue weighted by atomic mass is 16.6. The van der Waals surface area contributed by atoms with Gasteiger partial charge >= 0.3 is 0 Å². The summed E-state index contributed by atoms with van der Waals surface area (Å²) in [6, 6.07) is 0. The molecule has 0 amide bonds. The van der Waals surface area contributed by atoms with Crippen LogP contribution in [0.4, 0.5) is 0 Å². The zero-order valence-electron chi connectivity index (χ0n) is 10.9. The molecular weight excluding hydrogens is 220 g/mol. The average molecular weight is 244 g/mol. The number of rotatable bonds is 8. The van der Waals surface area contributed by atoms with Crippen molar-refractivity contribution in [3.8, 4) is 0 Å². The van der Waals surface area contributed by atoms with E-state index in [1.54, 1.807) is 13.2 Å². The molecule has 5 atom stereocenters. The Bertz CT molecular complexity index is 256. The van der Waals surface area contributed by atoms with Crippen molar-refractivity contribution in [2.45, 2.75) is 63.1 Å². The van der Waals surface area contributed by atoms with Crippen LogP contribution in [-0.2, 0) is 9.47 Å². The lowest BCUT2D eigenvalue weighted by molar-refractivity contribution is -0.0306. The van der Waals surface area contributed by atoms with Crippen molar-refractivity contribution in [3.63, 3.8) is 0 Å². The fourth-order valence-electron chi connectivity index (χ4n) is 2.24. The molecule has 1 aliphatic heterocycles. The van der Waals surface area contributed by atoms with E-state index < -0.39 is 17.8 Å². The highest BCUT2D eigenvalue weighted by Gasteiger charge is 2.61. The molecule has 1 aliphatic rings. The minimum Gasteiger partial charge on any atom is -0.390 e. The first-order chi connectivity index (χ1) is 8.01. The van der Waals surface area contributed by atoms with Gasteiger partial charge in [-0.05, 0) is 19.8 Å². The Balaban J connectivity index is 2.59. The molecule has 0 unspecified atom stereocenters. The molecular formula is C13H24O4. The van der Waals surface area contributed by atoms with Gasteiger partial charge in [-0.2, -0.15) is 0 Å². The third-order valence-electron chi connectivity index (χ3n) is 3.47. The molecule has 17 heavy (non-hydrogen) atoms. The largest absolute Gasteiger partial charge is 0.390 e. The molecule has 0 aromatic carbocycles. The van der Waals surface area contributed by atoms with Gasteiger partial charge < -0.3 is 19.7 Å². The van der Waals surface area contributed by atoms with Crippen molar-refractivity contribution < 1.29 is 19.7 Å². The monoisotopic (exact) mass is 244 g/mol. The molecule has 1 rings (SSSR count). The Morgan fingerprint density at radius 2 is 2.18 bits per heavy atom. The van der Waals surface area contributed by atoms with Gasteiger partial charge in [-0.1, -0.05) is 19.4 Å². The lowest BCUT2D eigenvalue weighted by Gasteiger charge is -2.22. The Morgan fingerprint density at radius 3 is 2.65 bits per heavy atom. The van der Waals surface area contributed by atoms with E-state index in [1.807, 2.05) is 13.8 Å². The SMILES string of the molecule is C=CC[C@H](O)[C@@]1(C)O[C@@H]1[C@H](OC)[C@@H](O)CCC. The van der Waals surface area contributed by atoms with Gasteiger partial charge in [0.05, 0.1) is 12.2 Å². The van der Waals surface area contributed by atoms with Crippen molar-refractivity contribution in [3.05, 3.63) is 12.7 Å². The van der Waals surface area contributed by atoms with Crippen LogP contribution in [0.5, 0.6) is 0 Å². The average Bonchev–Trinajstić information content (AvgIpc) is 2.94. The van der Waals surface area contributed by atoms with Crippen LogP contribution in [0.1, 0.15) is 33.1 Å². The number of aliphatic hydroxyl groups excluding tert-OH is 2. The summed E-state index contributed by atoms with van der Waals surface area (Å²) in [7, 11) is 1.56. The second-order valence-corrected chi connectivity index (χ2v) is 4.82. The fraction of sp³-hybridized carbons (Fsp3) is 0.846. The van der Waals surface area contributed by atoms with Crippen LogP contribution in [-0.4, -0.2) is 47.3 Å². The van der Waals surface area contributed by atoms with E-state index >= 15 is 0 Å². The van der Waals surface area contributed by atoms with E-state index in [0.29, 0.717) is 12.8 Å². The fourth-order valence-corrected chi connectivity index (χ4v) is 2.24. The molecule has 4 heteroatoms. The quantitative estimate of drug-likeness (QED) is 0.498. The highest BCUT2D eigenvalue weighted by Crippen LogP contribution is 2.44. The van der Waals surface area contributed by atoms with E-state index in [2.05, 4.69) is 6.58 Å². The molecule has 0 bridgehead atoms. The van der Waals surface area contributed by atoms with Crippen molar-refractivity contribution in [2.24, 2.45) is 0 Å². The van der Waals surface area contributed by atoms with Crippen LogP contribution in [0, 0.1) is 0 Å². The summed E-state index contributed by atoms with van der Waals surface area (Å²) in [5, 5.41) is 19.9. The Kier molecular flexibility index (Phi) is 5.13. The number of methoxy groups -OCH3 is 1. The van der Waals surface area contributed by atoms with Crippen LogP contribution in [0.25, 0.3) is 0 Å². The van der Waals surface area contributed by atoms with Gasteiger partial charge in [-0.25, -0.2) is 0 Å². The van der Waals surface area contributed by atoms with Crippen LogP contribution in [0.3, 0.4) is 0 Å². The summed E-state index contributed by atoms with van der Waals surface area (Å²) in [5.41, 5.74) is -0.621. The number of hydrogen-bond donors (Lipinski definition) is 2. The summed E-state index contributed by atoms with van der Waals surface area (Å²) in [5.74, 6) is 0. The van der Waals surface area contributed by atoms with Gasteiger partial charge in [0.15, 0.2) is 0 Å². The number of epoxide rings is 1. The van der Waals surface area contributed by atoms with Crippen molar-refractivity contribution >= 4 is 0 Å². The summed E-state index contributed by atoms with van der Waals surface area (Å²) >= 11 is 0. The smallest absolute Gasteiger partial charge is 0.121 e. The van der Waals surface area contributed by atoms with E-state index in [4.69, 9.17) is 9.47 Å². The number of hydrogen-bond acceptors (Lipinski definition) is 4. The third kappa shape index (κ3) is 3.07. The maximum absolute atomic E-state index is 9.96. The molecule has 0 aromatic heterocycles. The minimum absolute atomic E-state index is 0.246. The predicted octanol–water partition coefficient (Wildman–Crippen LogP) is 1.26. The Hall–Kier alpha value is -0.420. The standard InChI is InChI=1S/C13H24O4/c1-5-7-9(14)11(16-4)12-13(3,17-12)10(15)8-6-2/h6,9-12,14-15H,2,5,7-8H2,1,3-4H3/t9-,10-,11+,12+,13+/m0/s1. The van der Waals surface area contributed by atoms with Crippen LogP contribution >= 0.6 is 0 Å². The summed E-state index contributed by atoms with van der Waals surface area (Å²) in [6.07, 6.45) is 1.94. The second-order valence-electron chi connectivity index (χ2n) is 4.82. The molecule has 100 valence electrons. The normalized spacial score (nSPS) is 32.9. The van der Waals surface area contributed by atoms with E-state index in [1.165, 1.54) is 0 Å². The first kappa shape index (κ1) is 14.6. The van der Waals surface area contributed by atoms with Crippen molar-refractivity contribution in [1.82, 2.24) is 0 Å². The van der Waals surface area contributed by atoms with Gasteiger partial charge in [0, 0.05) is 7.11 Å². The predicted molar refractivity (Wildman–Crippen MR) is 65.8 cm³/mol.